The first kappa shape index (κ1) is 15.9. The van der Waals surface area contributed by atoms with Gasteiger partial charge in [-0.15, -0.1) is 0 Å². The van der Waals surface area contributed by atoms with Gasteiger partial charge in [-0.3, -0.25) is 9.89 Å². The molecular weight excluding hydrogens is 298 g/mol. The van der Waals surface area contributed by atoms with Crippen LogP contribution in [0.3, 0.4) is 0 Å². The molecule has 0 bridgehead atoms. The molecule has 1 fully saturated rings. The lowest BCUT2D eigenvalue weighted by Crippen LogP contribution is -2.42. The summed E-state index contributed by atoms with van der Waals surface area (Å²) in [7, 11) is 0. The molecule has 0 amide bonds. The Hall–Kier alpha value is -0.980. The average Bonchev–Trinajstić information content (AvgIpc) is 2.98. The Balaban J connectivity index is 1.61. The molecule has 0 unspecified atom stereocenters. The number of morpholine rings is 1. The largest absolute Gasteiger partial charge is 0.464 e. The first-order chi connectivity index (χ1) is 10.8. The molecular formula is C16H25N3O2S. The van der Waals surface area contributed by atoms with Gasteiger partial charge in [0.1, 0.15) is 11.5 Å². The Morgan fingerprint density at radius 3 is 2.86 bits per heavy atom. The molecule has 0 aromatic carbocycles. The molecule has 3 rings (SSSR count). The van der Waals surface area contributed by atoms with Gasteiger partial charge < -0.3 is 14.1 Å². The summed E-state index contributed by atoms with van der Waals surface area (Å²) >= 11 is 1.88. The molecule has 0 spiro atoms. The summed E-state index contributed by atoms with van der Waals surface area (Å²) in [5.74, 6) is 3.17. The van der Waals surface area contributed by atoms with Crippen LogP contribution in [-0.2, 0) is 11.3 Å². The molecule has 0 atom stereocenters. The van der Waals surface area contributed by atoms with E-state index in [1.54, 1.807) is 0 Å². The Morgan fingerprint density at radius 1 is 1.32 bits per heavy atom. The van der Waals surface area contributed by atoms with E-state index in [1.807, 2.05) is 24.8 Å². The fraction of sp³-hybridized carbons (Fsp3) is 0.688. The lowest BCUT2D eigenvalue weighted by atomic mass is 10.3. The number of ether oxygens (including phenoxy) is 1. The van der Waals surface area contributed by atoms with Crippen molar-refractivity contribution in [3.05, 3.63) is 23.7 Å². The van der Waals surface area contributed by atoms with E-state index in [1.165, 1.54) is 17.3 Å². The molecule has 2 aliphatic heterocycles. The third-order valence-corrected chi connectivity index (χ3v) is 5.12. The molecule has 1 aromatic heterocycles. The quantitative estimate of drug-likeness (QED) is 0.831. The summed E-state index contributed by atoms with van der Waals surface area (Å²) in [5.41, 5.74) is 0. The zero-order valence-corrected chi connectivity index (χ0v) is 14.1. The van der Waals surface area contributed by atoms with E-state index in [4.69, 9.17) is 14.1 Å². The van der Waals surface area contributed by atoms with E-state index in [0.717, 1.165) is 64.0 Å². The number of thioether (sulfide) groups is 1. The van der Waals surface area contributed by atoms with E-state index < -0.39 is 0 Å². The second-order valence-corrected chi connectivity index (χ2v) is 6.82. The van der Waals surface area contributed by atoms with Crippen LogP contribution in [0.1, 0.15) is 17.9 Å². The van der Waals surface area contributed by atoms with Gasteiger partial charge in [-0.05, 0) is 25.5 Å². The summed E-state index contributed by atoms with van der Waals surface area (Å²) in [4.78, 5) is 9.56. The van der Waals surface area contributed by atoms with Crippen molar-refractivity contribution in [3.8, 4) is 0 Å². The SMILES string of the molecule is Cc1ccc(CN(CCN2CCOCC2)C2=NCCCS2)o1. The standard InChI is InChI=1S/C16H25N3O2S/c1-14-3-4-15(21-14)13-19(16-17-5-2-12-22-16)7-6-18-8-10-20-11-9-18/h3-4H,2,5-13H2,1H3. The second-order valence-electron chi connectivity index (χ2n) is 5.75. The maximum atomic E-state index is 5.76. The normalized spacial score (nSPS) is 20.0. The summed E-state index contributed by atoms with van der Waals surface area (Å²) in [6, 6.07) is 4.11. The topological polar surface area (TPSA) is 41.2 Å². The second kappa shape index (κ2) is 8.04. The molecule has 0 N–H and O–H groups in total. The average molecular weight is 323 g/mol. The molecule has 2 aliphatic rings. The van der Waals surface area contributed by atoms with E-state index in [9.17, 15) is 0 Å². The molecule has 5 nitrogen and oxygen atoms in total. The van der Waals surface area contributed by atoms with Gasteiger partial charge in [0.05, 0.1) is 19.8 Å². The minimum absolute atomic E-state index is 0.810. The van der Waals surface area contributed by atoms with Crippen molar-refractivity contribution < 1.29 is 9.15 Å². The van der Waals surface area contributed by atoms with Gasteiger partial charge in [-0.2, -0.15) is 0 Å². The van der Waals surface area contributed by atoms with Crippen molar-refractivity contribution in [2.45, 2.75) is 19.9 Å². The summed E-state index contributed by atoms with van der Waals surface area (Å²) in [6.45, 7) is 9.58. The van der Waals surface area contributed by atoms with E-state index in [0.29, 0.717) is 0 Å². The van der Waals surface area contributed by atoms with E-state index in [2.05, 4.69) is 15.9 Å². The summed E-state index contributed by atoms with van der Waals surface area (Å²) in [5, 5.41) is 1.17. The van der Waals surface area contributed by atoms with Crippen LogP contribution in [0, 0.1) is 6.92 Å². The van der Waals surface area contributed by atoms with Crippen LogP contribution in [0.25, 0.3) is 0 Å². The van der Waals surface area contributed by atoms with Crippen molar-refractivity contribution in [2.24, 2.45) is 4.99 Å². The third kappa shape index (κ3) is 4.51. The third-order valence-electron chi connectivity index (χ3n) is 3.98. The van der Waals surface area contributed by atoms with Crippen LogP contribution < -0.4 is 0 Å². The van der Waals surface area contributed by atoms with Crippen molar-refractivity contribution in [3.63, 3.8) is 0 Å². The monoisotopic (exact) mass is 323 g/mol. The van der Waals surface area contributed by atoms with Gasteiger partial charge in [0.2, 0.25) is 0 Å². The Bertz CT molecular complexity index is 497. The van der Waals surface area contributed by atoms with Gasteiger partial charge in [0.25, 0.3) is 0 Å². The highest BCUT2D eigenvalue weighted by molar-refractivity contribution is 8.13. The lowest BCUT2D eigenvalue weighted by molar-refractivity contribution is 0.0356. The van der Waals surface area contributed by atoms with Crippen LogP contribution in [0.15, 0.2) is 21.5 Å². The Kier molecular flexibility index (Phi) is 5.81. The fourth-order valence-corrected chi connectivity index (χ4v) is 3.70. The minimum atomic E-state index is 0.810. The van der Waals surface area contributed by atoms with Crippen LogP contribution >= 0.6 is 11.8 Å². The Labute approximate surface area is 136 Å². The van der Waals surface area contributed by atoms with Gasteiger partial charge in [0.15, 0.2) is 5.17 Å². The van der Waals surface area contributed by atoms with Gasteiger partial charge in [-0.25, -0.2) is 0 Å². The zero-order chi connectivity index (χ0) is 15.2. The van der Waals surface area contributed by atoms with E-state index >= 15 is 0 Å². The number of aliphatic imine (C=N–C) groups is 1. The maximum absolute atomic E-state index is 5.76. The molecule has 1 saturated heterocycles. The smallest absolute Gasteiger partial charge is 0.159 e. The number of nitrogens with zero attached hydrogens (tertiary/aromatic N) is 3. The minimum Gasteiger partial charge on any atom is -0.464 e. The van der Waals surface area contributed by atoms with Gasteiger partial charge in [-0.1, -0.05) is 11.8 Å². The molecule has 0 aliphatic carbocycles. The molecule has 6 heteroatoms. The number of aryl methyl sites for hydroxylation is 1. The highest BCUT2D eigenvalue weighted by Crippen LogP contribution is 2.19. The van der Waals surface area contributed by atoms with Gasteiger partial charge >= 0.3 is 0 Å². The lowest BCUT2D eigenvalue weighted by Gasteiger charge is -2.31. The zero-order valence-electron chi connectivity index (χ0n) is 13.3. The number of hydrogen-bond acceptors (Lipinski definition) is 6. The molecule has 0 radical (unpaired) electrons. The first-order valence-electron chi connectivity index (χ1n) is 8.09. The highest BCUT2D eigenvalue weighted by atomic mass is 32.2. The summed E-state index contributed by atoms with van der Waals surface area (Å²) in [6.07, 6.45) is 1.19. The molecule has 22 heavy (non-hydrogen) atoms. The molecule has 3 heterocycles. The van der Waals surface area contributed by atoms with Crippen LogP contribution in [0.4, 0.5) is 0 Å². The first-order valence-corrected chi connectivity index (χ1v) is 9.07. The fourth-order valence-electron chi connectivity index (χ4n) is 2.73. The highest BCUT2D eigenvalue weighted by Gasteiger charge is 2.18. The van der Waals surface area contributed by atoms with Crippen molar-refractivity contribution in [1.82, 2.24) is 9.80 Å². The number of furan rings is 1. The van der Waals surface area contributed by atoms with E-state index in [-0.39, 0.29) is 0 Å². The van der Waals surface area contributed by atoms with Crippen molar-refractivity contribution in [1.29, 1.82) is 0 Å². The number of hydrogen-bond donors (Lipinski definition) is 0. The van der Waals surface area contributed by atoms with Crippen LogP contribution in [0.2, 0.25) is 0 Å². The number of amidine groups is 1. The Morgan fingerprint density at radius 2 is 2.18 bits per heavy atom. The van der Waals surface area contributed by atoms with Crippen LogP contribution in [-0.4, -0.2) is 66.7 Å². The molecule has 122 valence electrons. The summed E-state index contributed by atoms with van der Waals surface area (Å²) < 4.78 is 11.2. The van der Waals surface area contributed by atoms with Crippen molar-refractivity contribution >= 4 is 16.9 Å². The predicted molar refractivity (Wildman–Crippen MR) is 90.5 cm³/mol. The maximum Gasteiger partial charge on any atom is 0.159 e. The van der Waals surface area contributed by atoms with Crippen molar-refractivity contribution in [2.75, 3.05) is 51.7 Å². The van der Waals surface area contributed by atoms with Gasteiger partial charge in [0, 0.05) is 38.5 Å². The number of rotatable bonds is 5. The molecule has 1 aromatic rings. The van der Waals surface area contributed by atoms with Crippen LogP contribution in [0.5, 0.6) is 0 Å². The molecule has 0 saturated carbocycles. The predicted octanol–water partition coefficient (Wildman–Crippen LogP) is 2.22.